The van der Waals surface area contributed by atoms with E-state index in [1.165, 1.54) is 6.07 Å². The first-order valence-electron chi connectivity index (χ1n) is 5.79. The molecule has 3 N–H and O–H groups in total. The zero-order valence-electron chi connectivity index (χ0n) is 10.7. The molecule has 5 nitrogen and oxygen atoms in total. The van der Waals surface area contributed by atoms with E-state index in [-0.39, 0.29) is 23.8 Å². The van der Waals surface area contributed by atoms with Gasteiger partial charge in [-0.15, -0.1) is 0 Å². The Morgan fingerprint density at radius 3 is 2.22 bits per heavy atom. The number of hydrogen-bond acceptors (Lipinski definition) is 5. The van der Waals surface area contributed by atoms with E-state index in [1.807, 2.05) is 13.8 Å². The molecule has 0 bridgehead atoms. The summed E-state index contributed by atoms with van der Waals surface area (Å²) in [7, 11) is 0. The highest BCUT2D eigenvalue weighted by Crippen LogP contribution is 2.39. The van der Waals surface area contributed by atoms with Gasteiger partial charge in [-0.2, -0.15) is 0 Å². The summed E-state index contributed by atoms with van der Waals surface area (Å²) >= 11 is 0. The molecule has 0 spiro atoms. The third-order valence-corrected chi connectivity index (χ3v) is 2.64. The maximum atomic E-state index is 11.4. The first-order chi connectivity index (χ1) is 8.40. The fourth-order valence-corrected chi connectivity index (χ4v) is 1.65. The standard InChI is InChI=1S/C13H18O5/c1-4-18-13(17)12(16)9-6-5-8(7(2)3)10(14)11(9)15/h5-7,12,14-16H,4H2,1-3H3. The normalized spacial score (nSPS) is 12.5. The van der Waals surface area contributed by atoms with Gasteiger partial charge in [-0.1, -0.05) is 26.0 Å². The topological polar surface area (TPSA) is 87.0 Å². The van der Waals surface area contributed by atoms with Crippen LogP contribution in [0, 0.1) is 0 Å². The predicted octanol–water partition coefficient (Wildman–Crippen LogP) is 1.82. The molecule has 1 rings (SSSR count). The number of aromatic hydroxyl groups is 2. The maximum absolute atomic E-state index is 11.4. The zero-order valence-corrected chi connectivity index (χ0v) is 10.7. The van der Waals surface area contributed by atoms with Gasteiger partial charge in [0.1, 0.15) is 0 Å². The summed E-state index contributed by atoms with van der Waals surface area (Å²) < 4.78 is 4.65. The molecule has 18 heavy (non-hydrogen) atoms. The molecule has 0 aliphatic rings. The first kappa shape index (κ1) is 14.3. The van der Waals surface area contributed by atoms with Crippen LogP contribution in [0.2, 0.25) is 0 Å². The lowest BCUT2D eigenvalue weighted by Gasteiger charge is -2.15. The highest BCUT2D eigenvalue weighted by Gasteiger charge is 2.25. The number of carbonyl (C=O) groups excluding carboxylic acids is 1. The molecule has 0 aliphatic carbocycles. The lowest BCUT2D eigenvalue weighted by Crippen LogP contribution is -2.15. The molecule has 1 aromatic rings. The monoisotopic (exact) mass is 254 g/mol. The van der Waals surface area contributed by atoms with E-state index in [0.29, 0.717) is 5.56 Å². The molecule has 0 aliphatic heterocycles. The van der Waals surface area contributed by atoms with Gasteiger partial charge in [0, 0.05) is 11.1 Å². The van der Waals surface area contributed by atoms with Crippen LogP contribution in [0.3, 0.4) is 0 Å². The minimum Gasteiger partial charge on any atom is -0.504 e. The van der Waals surface area contributed by atoms with E-state index in [4.69, 9.17) is 0 Å². The van der Waals surface area contributed by atoms with Crippen LogP contribution in [0.15, 0.2) is 12.1 Å². The molecule has 0 heterocycles. The van der Waals surface area contributed by atoms with Crippen LogP contribution in [0.25, 0.3) is 0 Å². The lowest BCUT2D eigenvalue weighted by molar-refractivity contribution is -0.153. The number of aliphatic hydroxyl groups excluding tert-OH is 1. The fraction of sp³-hybridized carbons (Fsp3) is 0.462. The number of rotatable bonds is 4. The highest BCUT2D eigenvalue weighted by molar-refractivity contribution is 5.78. The number of benzene rings is 1. The number of hydrogen-bond donors (Lipinski definition) is 3. The molecule has 0 amide bonds. The van der Waals surface area contributed by atoms with Gasteiger partial charge >= 0.3 is 5.97 Å². The molecule has 0 radical (unpaired) electrons. The highest BCUT2D eigenvalue weighted by atomic mass is 16.5. The number of carbonyl (C=O) groups is 1. The third-order valence-electron chi connectivity index (χ3n) is 2.64. The van der Waals surface area contributed by atoms with Gasteiger partial charge in [-0.25, -0.2) is 4.79 Å². The molecule has 1 atom stereocenters. The molecule has 0 aromatic heterocycles. The van der Waals surface area contributed by atoms with Crippen LogP contribution >= 0.6 is 0 Å². The number of esters is 1. The summed E-state index contributed by atoms with van der Waals surface area (Å²) in [6.45, 7) is 5.46. The number of phenols is 2. The van der Waals surface area contributed by atoms with E-state index in [2.05, 4.69) is 4.74 Å². The molecule has 5 heteroatoms. The van der Waals surface area contributed by atoms with Crippen LogP contribution in [0.5, 0.6) is 11.5 Å². The third kappa shape index (κ3) is 2.73. The fourth-order valence-electron chi connectivity index (χ4n) is 1.65. The van der Waals surface area contributed by atoms with Gasteiger partial charge < -0.3 is 20.1 Å². The van der Waals surface area contributed by atoms with E-state index in [1.54, 1.807) is 13.0 Å². The van der Waals surface area contributed by atoms with Crippen molar-refractivity contribution >= 4 is 5.97 Å². The van der Waals surface area contributed by atoms with Crippen LogP contribution in [-0.2, 0) is 9.53 Å². The van der Waals surface area contributed by atoms with Crippen molar-refractivity contribution in [3.05, 3.63) is 23.3 Å². The van der Waals surface area contributed by atoms with Crippen LogP contribution in [0.1, 0.15) is 43.9 Å². The second kappa shape index (κ2) is 5.73. The van der Waals surface area contributed by atoms with Crippen molar-refractivity contribution in [3.63, 3.8) is 0 Å². The summed E-state index contributed by atoms with van der Waals surface area (Å²) in [4.78, 5) is 11.4. The molecule has 1 unspecified atom stereocenters. The van der Waals surface area contributed by atoms with Crippen molar-refractivity contribution in [1.82, 2.24) is 0 Å². The van der Waals surface area contributed by atoms with Crippen LogP contribution < -0.4 is 0 Å². The molecule has 0 fully saturated rings. The van der Waals surface area contributed by atoms with Crippen molar-refractivity contribution in [2.75, 3.05) is 6.61 Å². The van der Waals surface area contributed by atoms with Crippen molar-refractivity contribution < 1.29 is 24.9 Å². The predicted molar refractivity (Wildman–Crippen MR) is 65.5 cm³/mol. The first-order valence-corrected chi connectivity index (χ1v) is 5.79. The average molecular weight is 254 g/mol. The number of aliphatic hydroxyl groups is 1. The van der Waals surface area contributed by atoms with Crippen LogP contribution in [0.4, 0.5) is 0 Å². The minimum atomic E-state index is -1.60. The Morgan fingerprint density at radius 1 is 1.22 bits per heavy atom. The molecule has 0 saturated heterocycles. The maximum Gasteiger partial charge on any atom is 0.339 e. The molecule has 1 aromatic carbocycles. The molecule has 100 valence electrons. The summed E-state index contributed by atoms with van der Waals surface area (Å²) in [6.07, 6.45) is -1.60. The molecular weight excluding hydrogens is 236 g/mol. The van der Waals surface area contributed by atoms with E-state index >= 15 is 0 Å². The van der Waals surface area contributed by atoms with Crippen LogP contribution in [-0.4, -0.2) is 27.9 Å². The second-order valence-corrected chi connectivity index (χ2v) is 4.25. The van der Waals surface area contributed by atoms with Crippen molar-refractivity contribution in [2.24, 2.45) is 0 Å². The summed E-state index contributed by atoms with van der Waals surface area (Å²) in [6, 6.07) is 2.98. The van der Waals surface area contributed by atoms with E-state index < -0.39 is 17.8 Å². The van der Waals surface area contributed by atoms with Gasteiger partial charge in [0.05, 0.1) is 6.61 Å². The largest absolute Gasteiger partial charge is 0.504 e. The van der Waals surface area contributed by atoms with Crippen molar-refractivity contribution in [2.45, 2.75) is 32.8 Å². The summed E-state index contributed by atoms with van der Waals surface area (Å²) in [5.74, 6) is -1.64. The van der Waals surface area contributed by atoms with Crippen molar-refractivity contribution in [1.29, 1.82) is 0 Å². The number of phenolic OH excluding ortho intramolecular Hbond substituents is 2. The Morgan fingerprint density at radius 2 is 1.72 bits per heavy atom. The smallest absolute Gasteiger partial charge is 0.339 e. The van der Waals surface area contributed by atoms with Gasteiger partial charge in [0.2, 0.25) is 0 Å². The van der Waals surface area contributed by atoms with Gasteiger partial charge in [0.25, 0.3) is 0 Å². The Kier molecular flexibility index (Phi) is 4.55. The molecular formula is C13H18O5. The van der Waals surface area contributed by atoms with Crippen molar-refractivity contribution in [3.8, 4) is 11.5 Å². The van der Waals surface area contributed by atoms with E-state index in [9.17, 15) is 20.1 Å². The summed E-state index contributed by atoms with van der Waals surface area (Å²) in [5, 5.41) is 29.3. The Bertz CT molecular complexity index is 439. The average Bonchev–Trinajstić information content (AvgIpc) is 2.31. The number of ether oxygens (including phenoxy) is 1. The van der Waals surface area contributed by atoms with E-state index in [0.717, 1.165) is 0 Å². The lowest BCUT2D eigenvalue weighted by atomic mass is 9.97. The molecule has 0 saturated carbocycles. The minimum absolute atomic E-state index is 0.0182. The van der Waals surface area contributed by atoms with Gasteiger partial charge in [0.15, 0.2) is 17.6 Å². The summed E-state index contributed by atoms with van der Waals surface area (Å²) in [5.41, 5.74) is 0.489. The SMILES string of the molecule is CCOC(=O)C(O)c1ccc(C(C)C)c(O)c1O. The van der Waals surface area contributed by atoms with Gasteiger partial charge in [-0.3, -0.25) is 0 Å². The Labute approximate surface area is 106 Å². The second-order valence-electron chi connectivity index (χ2n) is 4.25. The van der Waals surface area contributed by atoms with Gasteiger partial charge in [-0.05, 0) is 12.8 Å². The quantitative estimate of drug-likeness (QED) is 0.563. The Balaban J connectivity index is 3.12. The zero-order chi connectivity index (χ0) is 13.9. The Hall–Kier alpha value is -1.75.